The van der Waals surface area contributed by atoms with Crippen LogP contribution in [0.25, 0.3) is 0 Å². The molecular weight excluding hydrogens is 316 g/mol. The predicted octanol–water partition coefficient (Wildman–Crippen LogP) is 4.41. The highest BCUT2D eigenvalue weighted by Gasteiger charge is 2.15. The fourth-order valence-corrected chi connectivity index (χ4v) is 2.21. The lowest BCUT2D eigenvalue weighted by molar-refractivity contribution is -0.154. The van der Waals surface area contributed by atoms with Crippen molar-refractivity contribution in [2.24, 2.45) is 0 Å². The van der Waals surface area contributed by atoms with Crippen molar-refractivity contribution >= 4 is 5.97 Å². The van der Waals surface area contributed by atoms with E-state index in [-0.39, 0.29) is 5.97 Å². The van der Waals surface area contributed by atoms with Crippen LogP contribution in [0.1, 0.15) is 44.7 Å². The van der Waals surface area contributed by atoms with Gasteiger partial charge in [-0.15, -0.1) is 0 Å². The van der Waals surface area contributed by atoms with Crippen LogP contribution in [0.3, 0.4) is 0 Å². The summed E-state index contributed by atoms with van der Waals surface area (Å²) in [6.45, 7) is 5.60. The summed E-state index contributed by atoms with van der Waals surface area (Å²) in [5.41, 5.74) is 1.19. The van der Waals surface area contributed by atoms with Crippen LogP contribution in [0, 0.1) is 11.3 Å². The number of rotatable bonds is 6. The number of nitrogens with zero attached hydrogens (tertiary/aromatic N) is 2. The summed E-state index contributed by atoms with van der Waals surface area (Å²) in [5.74, 6) is 0.867. The molecule has 5 heteroatoms. The van der Waals surface area contributed by atoms with E-state index in [1.165, 1.54) is 0 Å². The van der Waals surface area contributed by atoms with Gasteiger partial charge in [0.2, 0.25) is 5.88 Å². The minimum absolute atomic E-state index is 0.170. The Kier molecular flexibility index (Phi) is 6.13. The third-order valence-electron chi connectivity index (χ3n) is 3.28. The van der Waals surface area contributed by atoms with Gasteiger partial charge in [-0.05, 0) is 57.4 Å². The quantitative estimate of drug-likeness (QED) is 0.730. The summed E-state index contributed by atoms with van der Waals surface area (Å²) in [4.78, 5) is 15.8. The Bertz CT molecular complexity index is 756. The molecule has 0 radical (unpaired) electrons. The topological polar surface area (TPSA) is 72.2 Å². The molecule has 0 unspecified atom stereocenters. The van der Waals surface area contributed by atoms with Crippen LogP contribution in [0.4, 0.5) is 0 Å². The van der Waals surface area contributed by atoms with E-state index in [1.807, 2.05) is 45.0 Å². The second-order valence-electron chi connectivity index (χ2n) is 6.68. The lowest BCUT2D eigenvalue weighted by atomic mass is 10.1. The van der Waals surface area contributed by atoms with Crippen LogP contribution in [0.5, 0.6) is 11.6 Å². The Labute approximate surface area is 148 Å². The smallest absolute Gasteiger partial charge is 0.306 e. The van der Waals surface area contributed by atoms with Gasteiger partial charge in [-0.2, -0.15) is 5.26 Å². The summed E-state index contributed by atoms with van der Waals surface area (Å²) >= 11 is 0. The molecule has 1 heterocycles. The maximum absolute atomic E-state index is 11.7. The molecule has 0 fully saturated rings. The summed E-state index contributed by atoms with van der Waals surface area (Å²) in [7, 11) is 0. The van der Waals surface area contributed by atoms with E-state index >= 15 is 0 Å². The van der Waals surface area contributed by atoms with E-state index in [9.17, 15) is 4.79 Å². The second kappa shape index (κ2) is 8.29. The van der Waals surface area contributed by atoms with E-state index in [0.717, 1.165) is 18.4 Å². The third-order valence-corrected chi connectivity index (χ3v) is 3.28. The standard InChI is InChI=1S/C20H22N2O3/c1-20(2,3)25-19(23)6-4-5-15-7-9-17(10-8-15)24-18-13-16(14-21)11-12-22-18/h7-13H,4-6H2,1-3H3. The minimum Gasteiger partial charge on any atom is -0.460 e. The molecule has 0 atom stereocenters. The molecule has 0 N–H and O–H groups in total. The van der Waals surface area contributed by atoms with Crippen LogP contribution in [-0.2, 0) is 16.0 Å². The molecule has 1 aromatic carbocycles. The summed E-state index contributed by atoms with van der Waals surface area (Å²) in [6, 6.07) is 12.9. The molecule has 0 bridgehead atoms. The molecule has 0 aliphatic heterocycles. The molecule has 0 saturated heterocycles. The predicted molar refractivity (Wildman–Crippen MR) is 94.3 cm³/mol. The Morgan fingerprint density at radius 1 is 1.20 bits per heavy atom. The van der Waals surface area contributed by atoms with E-state index in [1.54, 1.807) is 18.3 Å². The minimum atomic E-state index is -0.438. The second-order valence-corrected chi connectivity index (χ2v) is 6.68. The van der Waals surface area contributed by atoms with E-state index in [4.69, 9.17) is 14.7 Å². The Morgan fingerprint density at radius 2 is 1.92 bits per heavy atom. The first-order valence-corrected chi connectivity index (χ1v) is 8.20. The van der Waals surface area contributed by atoms with Crippen molar-refractivity contribution in [2.75, 3.05) is 0 Å². The first kappa shape index (κ1) is 18.5. The van der Waals surface area contributed by atoms with Crippen molar-refractivity contribution in [3.8, 4) is 17.7 Å². The van der Waals surface area contributed by atoms with Crippen LogP contribution in [0.15, 0.2) is 42.6 Å². The van der Waals surface area contributed by atoms with Crippen LogP contribution in [0.2, 0.25) is 0 Å². The van der Waals surface area contributed by atoms with Gasteiger partial charge in [0.05, 0.1) is 11.6 Å². The number of hydrogen-bond donors (Lipinski definition) is 0. The van der Waals surface area contributed by atoms with Gasteiger partial charge in [0.25, 0.3) is 0 Å². The SMILES string of the molecule is CC(C)(C)OC(=O)CCCc1ccc(Oc2cc(C#N)ccn2)cc1. The number of ether oxygens (including phenoxy) is 2. The normalized spacial score (nSPS) is 10.8. The zero-order chi connectivity index (χ0) is 18.3. The van der Waals surface area contributed by atoms with Crippen molar-refractivity contribution in [1.29, 1.82) is 5.26 Å². The third kappa shape index (κ3) is 6.64. The van der Waals surface area contributed by atoms with Gasteiger partial charge < -0.3 is 9.47 Å². The van der Waals surface area contributed by atoms with Gasteiger partial charge in [0, 0.05) is 18.7 Å². The van der Waals surface area contributed by atoms with Crippen LogP contribution in [-0.4, -0.2) is 16.6 Å². The Balaban J connectivity index is 1.83. The molecule has 0 spiro atoms. The van der Waals surface area contributed by atoms with Gasteiger partial charge in [-0.1, -0.05) is 12.1 Å². The van der Waals surface area contributed by atoms with Crippen LogP contribution >= 0.6 is 0 Å². The molecule has 25 heavy (non-hydrogen) atoms. The molecule has 0 aliphatic carbocycles. The van der Waals surface area contributed by atoms with Crippen LogP contribution < -0.4 is 4.74 Å². The van der Waals surface area contributed by atoms with Crippen molar-refractivity contribution in [1.82, 2.24) is 4.98 Å². The maximum atomic E-state index is 11.7. The van der Waals surface area contributed by atoms with Crippen molar-refractivity contribution in [2.45, 2.75) is 45.6 Å². The number of esters is 1. The highest BCUT2D eigenvalue weighted by atomic mass is 16.6. The summed E-state index contributed by atoms with van der Waals surface area (Å²) in [6.07, 6.45) is 3.47. The lowest BCUT2D eigenvalue weighted by Crippen LogP contribution is -2.23. The zero-order valence-electron chi connectivity index (χ0n) is 14.8. The maximum Gasteiger partial charge on any atom is 0.306 e. The number of benzene rings is 1. The monoisotopic (exact) mass is 338 g/mol. The van der Waals surface area contributed by atoms with Crippen molar-refractivity contribution < 1.29 is 14.3 Å². The first-order chi connectivity index (χ1) is 11.9. The molecule has 2 aromatic rings. The molecule has 5 nitrogen and oxygen atoms in total. The van der Waals surface area contributed by atoms with Gasteiger partial charge in [0.15, 0.2) is 0 Å². The summed E-state index contributed by atoms with van der Waals surface area (Å²) in [5, 5.41) is 8.88. The van der Waals surface area contributed by atoms with Gasteiger partial charge in [-0.3, -0.25) is 4.79 Å². The Hall–Kier alpha value is -2.87. The number of pyridine rings is 1. The van der Waals surface area contributed by atoms with E-state index in [2.05, 4.69) is 11.1 Å². The zero-order valence-corrected chi connectivity index (χ0v) is 14.8. The number of hydrogen-bond acceptors (Lipinski definition) is 5. The van der Waals surface area contributed by atoms with Gasteiger partial charge in [-0.25, -0.2) is 4.98 Å². The molecule has 2 rings (SSSR count). The highest BCUT2D eigenvalue weighted by molar-refractivity contribution is 5.69. The largest absolute Gasteiger partial charge is 0.460 e. The number of carbonyl (C=O) groups is 1. The molecule has 0 amide bonds. The summed E-state index contributed by atoms with van der Waals surface area (Å²) < 4.78 is 10.9. The molecule has 130 valence electrons. The lowest BCUT2D eigenvalue weighted by Gasteiger charge is -2.19. The number of nitriles is 1. The average Bonchev–Trinajstić information content (AvgIpc) is 2.55. The molecular formula is C20H22N2O3. The number of aryl methyl sites for hydroxylation is 1. The highest BCUT2D eigenvalue weighted by Crippen LogP contribution is 2.21. The van der Waals surface area contributed by atoms with Gasteiger partial charge in [0.1, 0.15) is 11.4 Å². The van der Waals surface area contributed by atoms with E-state index < -0.39 is 5.60 Å². The molecule has 0 saturated carbocycles. The first-order valence-electron chi connectivity index (χ1n) is 8.20. The van der Waals surface area contributed by atoms with Gasteiger partial charge >= 0.3 is 5.97 Å². The Morgan fingerprint density at radius 3 is 2.56 bits per heavy atom. The number of aromatic nitrogens is 1. The molecule has 1 aromatic heterocycles. The number of carbonyl (C=O) groups excluding carboxylic acids is 1. The fraction of sp³-hybridized carbons (Fsp3) is 0.350. The fourth-order valence-electron chi connectivity index (χ4n) is 2.21. The van der Waals surface area contributed by atoms with E-state index in [0.29, 0.717) is 23.6 Å². The average molecular weight is 338 g/mol. The van der Waals surface area contributed by atoms with Crippen molar-refractivity contribution in [3.63, 3.8) is 0 Å². The molecule has 0 aliphatic rings. The van der Waals surface area contributed by atoms with Crippen molar-refractivity contribution in [3.05, 3.63) is 53.7 Å².